The van der Waals surface area contributed by atoms with Crippen molar-refractivity contribution in [3.05, 3.63) is 35.4 Å². The van der Waals surface area contributed by atoms with E-state index in [2.05, 4.69) is 54.0 Å². The van der Waals surface area contributed by atoms with Crippen molar-refractivity contribution in [3.63, 3.8) is 0 Å². The van der Waals surface area contributed by atoms with Gasteiger partial charge in [0.05, 0.1) is 6.04 Å². The van der Waals surface area contributed by atoms with Gasteiger partial charge in [0, 0.05) is 36.8 Å². The Morgan fingerprint density at radius 2 is 1.60 bits per heavy atom. The maximum Gasteiger partial charge on any atom is 0.255 e. The van der Waals surface area contributed by atoms with Gasteiger partial charge in [-0.2, -0.15) is 0 Å². The summed E-state index contributed by atoms with van der Waals surface area (Å²) in [4.78, 5) is 23.1. The lowest BCUT2D eigenvalue weighted by molar-refractivity contribution is -0.125. The van der Waals surface area contributed by atoms with E-state index in [0.717, 1.165) is 55.7 Å². The molecule has 2 saturated carbocycles. The van der Waals surface area contributed by atoms with Crippen LogP contribution in [0.15, 0.2) is 34.8 Å². The predicted molar refractivity (Wildman–Crippen MR) is 126 cm³/mol. The van der Waals surface area contributed by atoms with E-state index in [0.29, 0.717) is 12.1 Å². The van der Waals surface area contributed by atoms with Crippen LogP contribution in [-0.2, 0) is 4.79 Å². The highest BCUT2D eigenvalue weighted by Gasteiger charge is 2.35. The predicted octanol–water partition coefficient (Wildman–Crippen LogP) is 5.82. The second-order valence-electron chi connectivity index (χ2n) is 9.03. The number of nitrogens with zero attached hydrogens (tertiary/aromatic N) is 3. The first-order chi connectivity index (χ1) is 14.7. The molecule has 162 valence electrons. The molecule has 2 aliphatic carbocycles. The van der Waals surface area contributed by atoms with Gasteiger partial charge in [0.2, 0.25) is 0 Å². The van der Waals surface area contributed by atoms with E-state index in [1.165, 1.54) is 44.2 Å². The summed E-state index contributed by atoms with van der Waals surface area (Å²) in [7, 11) is 0. The Labute approximate surface area is 182 Å². The lowest BCUT2D eigenvalue weighted by atomic mass is 9.97. The molecule has 3 fully saturated rings. The summed E-state index contributed by atoms with van der Waals surface area (Å²) in [6, 6.07) is 9.44. The molecular formula is C26H37N3O. The number of benzene rings is 1. The molecule has 30 heavy (non-hydrogen) atoms. The number of amidine groups is 1. The third-order valence-corrected chi connectivity index (χ3v) is 7.10. The Balaban J connectivity index is 1.55. The molecule has 3 aliphatic rings. The van der Waals surface area contributed by atoms with Crippen molar-refractivity contribution in [2.75, 3.05) is 18.0 Å². The molecule has 4 heteroatoms. The summed E-state index contributed by atoms with van der Waals surface area (Å²) in [5, 5.41) is 0. The molecule has 1 amide bonds. The van der Waals surface area contributed by atoms with Gasteiger partial charge in [-0.25, -0.2) is 0 Å². The van der Waals surface area contributed by atoms with Crippen LogP contribution >= 0.6 is 0 Å². The van der Waals surface area contributed by atoms with Gasteiger partial charge in [0.25, 0.3) is 5.91 Å². The molecule has 0 aromatic heterocycles. The zero-order valence-electron chi connectivity index (χ0n) is 18.8. The van der Waals surface area contributed by atoms with Crippen LogP contribution in [0.4, 0.5) is 5.69 Å². The topological polar surface area (TPSA) is 35.9 Å². The average molecular weight is 408 g/mol. The van der Waals surface area contributed by atoms with Crippen LogP contribution in [0.5, 0.6) is 0 Å². The maximum absolute atomic E-state index is 13.5. The van der Waals surface area contributed by atoms with E-state index in [4.69, 9.17) is 4.99 Å². The second kappa shape index (κ2) is 9.80. The summed E-state index contributed by atoms with van der Waals surface area (Å²) >= 11 is 0. The number of amides is 1. The molecule has 0 bridgehead atoms. The van der Waals surface area contributed by atoms with Gasteiger partial charge in [0.15, 0.2) is 0 Å². The van der Waals surface area contributed by atoms with E-state index in [9.17, 15) is 4.79 Å². The number of hydrogen-bond acceptors (Lipinski definition) is 3. The smallest absolute Gasteiger partial charge is 0.255 e. The fourth-order valence-corrected chi connectivity index (χ4v) is 5.36. The van der Waals surface area contributed by atoms with Crippen LogP contribution in [0.25, 0.3) is 6.08 Å². The minimum Gasteiger partial charge on any atom is -0.372 e. The normalized spacial score (nSPS) is 23.8. The van der Waals surface area contributed by atoms with Gasteiger partial charge in [-0.3, -0.25) is 14.7 Å². The summed E-state index contributed by atoms with van der Waals surface area (Å²) in [5.41, 5.74) is 3.32. The van der Waals surface area contributed by atoms with E-state index in [1.54, 1.807) is 0 Å². The lowest BCUT2D eigenvalue weighted by Gasteiger charge is -2.35. The van der Waals surface area contributed by atoms with Gasteiger partial charge < -0.3 is 4.90 Å². The first-order valence-corrected chi connectivity index (χ1v) is 12.2. The molecule has 1 aromatic rings. The highest BCUT2D eigenvalue weighted by atomic mass is 16.2. The molecule has 0 unspecified atom stereocenters. The van der Waals surface area contributed by atoms with Gasteiger partial charge in [-0.15, -0.1) is 0 Å². The Morgan fingerprint density at radius 1 is 0.967 bits per heavy atom. The fourth-order valence-electron chi connectivity index (χ4n) is 5.36. The summed E-state index contributed by atoms with van der Waals surface area (Å²) in [6.45, 7) is 6.38. The highest BCUT2D eigenvalue weighted by molar-refractivity contribution is 6.11. The molecule has 1 saturated heterocycles. The second-order valence-corrected chi connectivity index (χ2v) is 9.03. The lowest BCUT2D eigenvalue weighted by Crippen LogP contribution is -2.47. The average Bonchev–Trinajstić information content (AvgIpc) is 3.47. The van der Waals surface area contributed by atoms with Crippen molar-refractivity contribution in [3.8, 4) is 0 Å². The zero-order chi connectivity index (χ0) is 20.9. The summed E-state index contributed by atoms with van der Waals surface area (Å²) < 4.78 is 0. The molecular weight excluding hydrogens is 370 g/mol. The zero-order valence-corrected chi connectivity index (χ0v) is 18.8. The van der Waals surface area contributed by atoms with Gasteiger partial charge >= 0.3 is 0 Å². The number of aliphatic imine (C=N–C) groups is 1. The molecule has 4 nitrogen and oxygen atoms in total. The van der Waals surface area contributed by atoms with E-state index < -0.39 is 0 Å². The van der Waals surface area contributed by atoms with E-state index in [1.807, 2.05) is 0 Å². The van der Waals surface area contributed by atoms with Crippen LogP contribution in [0.3, 0.4) is 0 Å². The van der Waals surface area contributed by atoms with Crippen LogP contribution in [0.1, 0.15) is 83.6 Å². The van der Waals surface area contributed by atoms with Crippen LogP contribution < -0.4 is 4.90 Å². The molecule has 1 heterocycles. The number of likely N-dealkylation sites (tertiary alicyclic amines) is 1. The Bertz CT molecular complexity index is 779. The molecule has 0 N–H and O–H groups in total. The van der Waals surface area contributed by atoms with E-state index >= 15 is 0 Å². The largest absolute Gasteiger partial charge is 0.372 e. The number of rotatable bonds is 6. The van der Waals surface area contributed by atoms with Crippen molar-refractivity contribution in [1.82, 2.24) is 4.90 Å². The minimum atomic E-state index is 0.206. The molecule has 0 spiro atoms. The fraction of sp³-hybridized carbons (Fsp3) is 0.615. The molecule has 1 aliphatic heterocycles. The first kappa shape index (κ1) is 21.1. The van der Waals surface area contributed by atoms with Crippen molar-refractivity contribution in [1.29, 1.82) is 0 Å². The number of carbonyl (C=O) groups excluding carboxylic acids is 1. The van der Waals surface area contributed by atoms with Crippen molar-refractivity contribution >= 4 is 23.5 Å². The molecule has 1 aromatic carbocycles. The quantitative estimate of drug-likeness (QED) is 0.557. The minimum absolute atomic E-state index is 0.206. The summed E-state index contributed by atoms with van der Waals surface area (Å²) in [6.07, 6.45) is 13.5. The molecule has 0 atom stereocenters. The van der Waals surface area contributed by atoms with Crippen LogP contribution in [0, 0.1) is 0 Å². The maximum atomic E-state index is 13.5. The van der Waals surface area contributed by atoms with Gasteiger partial charge in [0.1, 0.15) is 5.84 Å². The summed E-state index contributed by atoms with van der Waals surface area (Å²) in [5.74, 6) is 1.28. The van der Waals surface area contributed by atoms with Crippen molar-refractivity contribution < 1.29 is 4.79 Å². The number of carbonyl (C=O) groups is 1. The van der Waals surface area contributed by atoms with E-state index in [-0.39, 0.29) is 5.91 Å². The van der Waals surface area contributed by atoms with Gasteiger partial charge in [-0.1, -0.05) is 37.8 Å². The Hall–Kier alpha value is -2.10. The Kier molecular flexibility index (Phi) is 6.91. The van der Waals surface area contributed by atoms with Crippen molar-refractivity contribution in [2.24, 2.45) is 4.99 Å². The van der Waals surface area contributed by atoms with Crippen LogP contribution in [-0.4, -0.2) is 41.8 Å². The third kappa shape index (κ3) is 4.63. The standard InChI is InChI=1S/C26H37N3O/c1-3-28(4-2)23-16-13-20(14-17-23)19-21-15-18-25(27-22-9-5-6-10-22)29(26(21)30)24-11-7-8-12-24/h13-14,16-17,19,22,24H,3-12,15,18H2,1-2H3/b21-19-,27-25-. The molecule has 4 rings (SSSR count). The highest BCUT2D eigenvalue weighted by Crippen LogP contribution is 2.32. The number of piperidine rings is 1. The van der Waals surface area contributed by atoms with Crippen molar-refractivity contribution in [2.45, 2.75) is 90.1 Å². The Morgan fingerprint density at radius 3 is 2.23 bits per heavy atom. The first-order valence-electron chi connectivity index (χ1n) is 12.2. The number of hydrogen-bond donors (Lipinski definition) is 0. The third-order valence-electron chi connectivity index (χ3n) is 7.10. The number of anilines is 1. The van der Waals surface area contributed by atoms with Gasteiger partial charge in [-0.05, 0) is 69.7 Å². The molecule has 0 radical (unpaired) electrons. The van der Waals surface area contributed by atoms with Crippen LogP contribution in [0.2, 0.25) is 0 Å². The SMILES string of the molecule is CCN(CC)c1ccc(/C=C2/CC/C(=N/C3CCCC3)N(C3CCCC3)C2=O)cc1. The monoisotopic (exact) mass is 407 g/mol.